The molecule has 6 heteroatoms. The molecule has 0 saturated carbocycles. The summed E-state index contributed by atoms with van der Waals surface area (Å²) in [6.45, 7) is 8.66. The normalized spacial score (nSPS) is 12.0. The molecule has 0 radical (unpaired) electrons. The van der Waals surface area contributed by atoms with E-state index in [0.29, 0.717) is 18.9 Å². The summed E-state index contributed by atoms with van der Waals surface area (Å²) in [6.07, 6.45) is 0.429. The summed E-state index contributed by atoms with van der Waals surface area (Å²) >= 11 is 1.47. The van der Waals surface area contributed by atoms with Crippen molar-refractivity contribution in [3.63, 3.8) is 0 Å². The van der Waals surface area contributed by atoms with Gasteiger partial charge in [-0.15, -0.1) is 11.3 Å². The van der Waals surface area contributed by atoms with Gasteiger partial charge in [0, 0.05) is 44.5 Å². The Labute approximate surface area is 172 Å². The summed E-state index contributed by atoms with van der Waals surface area (Å²) in [5, 5.41) is 4.85. The summed E-state index contributed by atoms with van der Waals surface area (Å²) in [5.74, 6) is 0.351. The molecule has 5 nitrogen and oxygen atoms in total. The van der Waals surface area contributed by atoms with Crippen LogP contribution < -0.4 is 10.2 Å². The molecule has 0 aliphatic rings. The predicted molar refractivity (Wildman–Crippen MR) is 118 cm³/mol. The second-order valence-electron chi connectivity index (χ2n) is 7.53. The minimum atomic E-state index is -0.0226. The first-order chi connectivity index (χ1) is 13.2. The standard InChI is InChI=1S/C22H31N3O2S/c1-7-21(26)23-18-10-11-19(24(5)6)17(13-18)14-25(16(4)15(2)3)22(27)20-9-8-12-28-20/h8-13,15-16H,7,14H2,1-6H3,(H,23,26)/t16-/m1/s1. The van der Waals surface area contributed by atoms with Crippen LogP contribution in [0.5, 0.6) is 0 Å². The molecule has 1 heterocycles. The SMILES string of the molecule is CCC(=O)Nc1ccc(N(C)C)c(CN(C(=O)c2cccs2)[C@H](C)C(C)C)c1. The van der Waals surface area contributed by atoms with Crippen molar-refractivity contribution in [2.75, 3.05) is 24.3 Å². The lowest BCUT2D eigenvalue weighted by Crippen LogP contribution is -2.41. The summed E-state index contributed by atoms with van der Waals surface area (Å²) in [4.78, 5) is 29.7. The van der Waals surface area contributed by atoms with Crippen LogP contribution in [0.3, 0.4) is 0 Å². The van der Waals surface area contributed by atoms with E-state index < -0.39 is 0 Å². The van der Waals surface area contributed by atoms with Gasteiger partial charge < -0.3 is 15.1 Å². The molecule has 2 aromatic rings. The molecule has 0 bridgehead atoms. The van der Waals surface area contributed by atoms with E-state index in [0.717, 1.165) is 21.8 Å². The molecule has 0 aliphatic heterocycles. The van der Waals surface area contributed by atoms with Gasteiger partial charge >= 0.3 is 0 Å². The van der Waals surface area contributed by atoms with E-state index in [1.807, 2.05) is 66.5 Å². The van der Waals surface area contributed by atoms with Crippen LogP contribution in [0.1, 0.15) is 49.4 Å². The van der Waals surface area contributed by atoms with Gasteiger partial charge in [-0.3, -0.25) is 9.59 Å². The molecule has 0 unspecified atom stereocenters. The van der Waals surface area contributed by atoms with Crippen LogP contribution in [0.15, 0.2) is 35.7 Å². The molecule has 0 fully saturated rings. The van der Waals surface area contributed by atoms with Crippen molar-refractivity contribution in [1.82, 2.24) is 4.90 Å². The summed E-state index contributed by atoms with van der Waals surface area (Å²) in [6, 6.07) is 9.74. The van der Waals surface area contributed by atoms with Crippen molar-refractivity contribution >= 4 is 34.5 Å². The lowest BCUT2D eigenvalue weighted by atomic mass is 10.0. The van der Waals surface area contributed by atoms with Gasteiger partial charge in [0.1, 0.15) is 0 Å². The average molecular weight is 402 g/mol. The quantitative estimate of drug-likeness (QED) is 0.688. The molecule has 1 aromatic carbocycles. The third-order valence-electron chi connectivity index (χ3n) is 4.96. The third kappa shape index (κ3) is 5.35. The van der Waals surface area contributed by atoms with Gasteiger partial charge in [-0.1, -0.05) is 26.8 Å². The fourth-order valence-corrected chi connectivity index (χ4v) is 3.64. The van der Waals surface area contributed by atoms with Crippen molar-refractivity contribution in [1.29, 1.82) is 0 Å². The van der Waals surface area contributed by atoms with Crippen molar-refractivity contribution in [3.05, 3.63) is 46.2 Å². The molecule has 1 aromatic heterocycles. The van der Waals surface area contributed by atoms with Crippen LogP contribution in [0.4, 0.5) is 11.4 Å². The van der Waals surface area contributed by atoms with E-state index in [1.165, 1.54) is 11.3 Å². The van der Waals surface area contributed by atoms with Gasteiger partial charge in [0.25, 0.3) is 5.91 Å². The predicted octanol–water partition coefficient (Wildman–Crippen LogP) is 4.85. The maximum Gasteiger partial charge on any atom is 0.264 e. The molecular formula is C22H31N3O2S. The number of amides is 2. The number of hydrogen-bond donors (Lipinski definition) is 1. The minimum absolute atomic E-state index is 0.0226. The van der Waals surface area contributed by atoms with E-state index in [4.69, 9.17) is 0 Å². The molecule has 0 aliphatic carbocycles. The highest BCUT2D eigenvalue weighted by atomic mass is 32.1. The van der Waals surface area contributed by atoms with Crippen molar-refractivity contribution in [2.45, 2.75) is 46.7 Å². The summed E-state index contributed by atoms with van der Waals surface area (Å²) in [7, 11) is 3.97. The first kappa shape index (κ1) is 22.0. The van der Waals surface area contributed by atoms with E-state index in [1.54, 1.807) is 0 Å². The van der Waals surface area contributed by atoms with E-state index in [-0.39, 0.29) is 17.9 Å². The van der Waals surface area contributed by atoms with Gasteiger partial charge in [0.2, 0.25) is 5.91 Å². The Bertz CT molecular complexity index is 800. The van der Waals surface area contributed by atoms with Crippen molar-refractivity contribution in [3.8, 4) is 0 Å². The monoisotopic (exact) mass is 401 g/mol. The number of nitrogens with zero attached hydrogens (tertiary/aromatic N) is 2. The maximum atomic E-state index is 13.2. The van der Waals surface area contributed by atoms with Crippen LogP contribution >= 0.6 is 11.3 Å². The van der Waals surface area contributed by atoms with Crippen LogP contribution in [0.25, 0.3) is 0 Å². The van der Waals surface area contributed by atoms with Gasteiger partial charge in [-0.2, -0.15) is 0 Å². The van der Waals surface area contributed by atoms with Crippen LogP contribution in [0, 0.1) is 5.92 Å². The molecule has 152 valence electrons. The second-order valence-corrected chi connectivity index (χ2v) is 8.48. The Morgan fingerprint density at radius 3 is 2.39 bits per heavy atom. The average Bonchev–Trinajstić information content (AvgIpc) is 3.19. The lowest BCUT2D eigenvalue weighted by Gasteiger charge is -2.33. The Balaban J connectivity index is 2.41. The smallest absolute Gasteiger partial charge is 0.264 e. The molecule has 2 rings (SSSR count). The van der Waals surface area contributed by atoms with E-state index >= 15 is 0 Å². The highest BCUT2D eigenvalue weighted by Gasteiger charge is 2.26. The van der Waals surface area contributed by atoms with Gasteiger partial charge in [0.15, 0.2) is 0 Å². The number of thiophene rings is 1. The number of anilines is 2. The first-order valence-corrected chi connectivity index (χ1v) is 10.6. The molecule has 0 spiro atoms. The van der Waals surface area contributed by atoms with Crippen LogP contribution in [-0.4, -0.2) is 36.9 Å². The number of carbonyl (C=O) groups is 2. The number of hydrogen-bond acceptors (Lipinski definition) is 4. The fraction of sp³-hybridized carbons (Fsp3) is 0.455. The van der Waals surface area contributed by atoms with Crippen molar-refractivity contribution < 1.29 is 9.59 Å². The summed E-state index contributed by atoms with van der Waals surface area (Å²) < 4.78 is 0. The Morgan fingerprint density at radius 2 is 1.86 bits per heavy atom. The molecule has 2 amide bonds. The Hall–Kier alpha value is -2.34. The first-order valence-electron chi connectivity index (χ1n) is 9.69. The minimum Gasteiger partial charge on any atom is -0.377 e. The van der Waals surface area contributed by atoms with Gasteiger partial charge in [0.05, 0.1) is 4.88 Å². The van der Waals surface area contributed by atoms with E-state index in [2.05, 4.69) is 26.1 Å². The van der Waals surface area contributed by atoms with E-state index in [9.17, 15) is 9.59 Å². The largest absolute Gasteiger partial charge is 0.377 e. The Morgan fingerprint density at radius 1 is 1.14 bits per heavy atom. The highest BCUT2D eigenvalue weighted by molar-refractivity contribution is 7.12. The summed E-state index contributed by atoms with van der Waals surface area (Å²) in [5.41, 5.74) is 2.80. The number of carbonyl (C=O) groups excluding carboxylic acids is 2. The van der Waals surface area contributed by atoms with Crippen LogP contribution in [-0.2, 0) is 11.3 Å². The molecule has 28 heavy (non-hydrogen) atoms. The molecule has 1 atom stereocenters. The zero-order chi connectivity index (χ0) is 20.8. The molecular weight excluding hydrogens is 370 g/mol. The van der Waals surface area contributed by atoms with Crippen LogP contribution in [0.2, 0.25) is 0 Å². The second kappa shape index (κ2) is 9.73. The highest BCUT2D eigenvalue weighted by Crippen LogP contribution is 2.28. The van der Waals surface area contributed by atoms with Crippen molar-refractivity contribution in [2.24, 2.45) is 5.92 Å². The van der Waals surface area contributed by atoms with Gasteiger partial charge in [-0.25, -0.2) is 0 Å². The maximum absolute atomic E-state index is 13.2. The van der Waals surface area contributed by atoms with Gasteiger partial charge in [-0.05, 0) is 48.1 Å². The topological polar surface area (TPSA) is 52.7 Å². The zero-order valence-corrected chi connectivity index (χ0v) is 18.5. The fourth-order valence-electron chi connectivity index (χ4n) is 2.96. The number of benzene rings is 1. The molecule has 1 N–H and O–H groups in total. The third-order valence-corrected chi connectivity index (χ3v) is 5.81. The Kier molecular flexibility index (Phi) is 7.63. The lowest BCUT2D eigenvalue weighted by molar-refractivity contribution is -0.115. The number of rotatable bonds is 8. The number of nitrogens with one attached hydrogen (secondary N) is 1. The molecule has 0 saturated heterocycles. The zero-order valence-electron chi connectivity index (χ0n) is 17.7.